The monoisotopic (exact) mass is 472 g/mol. The van der Waals surface area contributed by atoms with Crippen LogP contribution in [0.3, 0.4) is 0 Å². The van der Waals surface area contributed by atoms with Crippen LogP contribution in [0.25, 0.3) is 0 Å². The summed E-state index contributed by atoms with van der Waals surface area (Å²) >= 11 is 0. The SMILES string of the molecule is Cc1cccc(C)c1N1C[C@H](C(=O)Oc2cccc(N3C(=O)[C@@H]4[C@@H](C)C=CC[C@H]4C3=O)c2)CC1=O. The summed E-state index contributed by atoms with van der Waals surface area (Å²) in [4.78, 5) is 54.7. The summed E-state index contributed by atoms with van der Waals surface area (Å²) < 4.78 is 5.62. The van der Waals surface area contributed by atoms with E-state index in [-0.39, 0.29) is 54.2 Å². The van der Waals surface area contributed by atoms with Gasteiger partial charge in [0.25, 0.3) is 0 Å². The Balaban J connectivity index is 1.32. The van der Waals surface area contributed by atoms with E-state index in [0.717, 1.165) is 16.8 Å². The molecule has 0 aromatic heterocycles. The Kier molecular flexibility index (Phi) is 5.79. The highest BCUT2D eigenvalue weighted by Gasteiger charge is 2.50. The molecule has 7 heteroatoms. The van der Waals surface area contributed by atoms with E-state index in [1.165, 1.54) is 4.90 Å². The fourth-order valence-electron chi connectivity index (χ4n) is 5.60. The van der Waals surface area contributed by atoms with Crippen LogP contribution in [0.1, 0.15) is 30.9 Å². The number of benzene rings is 2. The molecule has 2 aliphatic heterocycles. The molecule has 1 aliphatic carbocycles. The van der Waals surface area contributed by atoms with Crippen LogP contribution in [0.2, 0.25) is 0 Å². The van der Waals surface area contributed by atoms with Crippen LogP contribution in [0, 0.1) is 37.5 Å². The first-order chi connectivity index (χ1) is 16.8. The first-order valence-corrected chi connectivity index (χ1v) is 12.0. The number of hydrogen-bond acceptors (Lipinski definition) is 5. The van der Waals surface area contributed by atoms with E-state index < -0.39 is 11.9 Å². The van der Waals surface area contributed by atoms with Crippen molar-refractivity contribution in [2.75, 3.05) is 16.3 Å². The molecule has 0 radical (unpaired) electrons. The molecule has 3 amide bonds. The summed E-state index contributed by atoms with van der Waals surface area (Å²) in [5, 5.41) is 0. The van der Waals surface area contributed by atoms with Gasteiger partial charge in [0.05, 0.1) is 23.4 Å². The van der Waals surface area contributed by atoms with Crippen LogP contribution >= 0.6 is 0 Å². The molecule has 180 valence electrons. The Labute approximate surface area is 204 Å². The van der Waals surface area contributed by atoms with Crippen LogP contribution < -0.4 is 14.5 Å². The minimum atomic E-state index is -0.602. The van der Waals surface area contributed by atoms with Crippen LogP contribution in [0.4, 0.5) is 11.4 Å². The Morgan fingerprint density at radius 1 is 1.00 bits per heavy atom. The predicted octanol–water partition coefficient (Wildman–Crippen LogP) is 3.96. The molecule has 4 atom stereocenters. The van der Waals surface area contributed by atoms with Gasteiger partial charge >= 0.3 is 5.97 Å². The highest BCUT2D eigenvalue weighted by molar-refractivity contribution is 6.22. The summed E-state index contributed by atoms with van der Waals surface area (Å²) in [5.74, 6) is -2.13. The maximum absolute atomic E-state index is 13.1. The standard InChI is InChI=1S/C28H28N2O5/c1-16-7-5-12-22-24(16)27(33)30(26(22)32)20-10-6-11-21(14-20)35-28(34)19-13-23(31)29(15-19)25-17(2)8-4-9-18(25)3/h4-11,14,16,19,22,24H,12-13,15H2,1-3H3/t16-,19+,22+,24+/m0/s1. The Hall–Kier alpha value is -3.74. The normalized spacial score (nSPS) is 25.9. The maximum Gasteiger partial charge on any atom is 0.316 e. The molecule has 0 N–H and O–H groups in total. The van der Waals surface area contributed by atoms with Crippen molar-refractivity contribution in [1.82, 2.24) is 0 Å². The number of carbonyl (C=O) groups is 4. The zero-order valence-electron chi connectivity index (χ0n) is 20.1. The lowest BCUT2D eigenvalue weighted by molar-refractivity contribution is -0.139. The van der Waals surface area contributed by atoms with E-state index in [1.807, 2.05) is 51.1 Å². The molecule has 7 nitrogen and oxygen atoms in total. The molecular formula is C28H28N2O5. The summed E-state index contributed by atoms with van der Waals surface area (Å²) in [5.41, 5.74) is 3.19. The van der Waals surface area contributed by atoms with Crippen LogP contribution in [-0.2, 0) is 19.2 Å². The average molecular weight is 473 g/mol. The maximum atomic E-state index is 13.1. The summed E-state index contributed by atoms with van der Waals surface area (Å²) in [6.45, 7) is 6.09. The molecule has 2 saturated heterocycles. The van der Waals surface area contributed by atoms with E-state index >= 15 is 0 Å². The molecule has 0 unspecified atom stereocenters. The molecule has 2 heterocycles. The molecule has 0 bridgehead atoms. The predicted molar refractivity (Wildman–Crippen MR) is 131 cm³/mol. The van der Waals surface area contributed by atoms with Gasteiger partial charge in [-0.15, -0.1) is 0 Å². The van der Waals surface area contributed by atoms with Crippen molar-refractivity contribution in [3.05, 3.63) is 65.7 Å². The zero-order valence-corrected chi connectivity index (χ0v) is 20.1. The van der Waals surface area contributed by atoms with Gasteiger partial charge in [-0.1, -0.05) is 43.3 Å². The average Bonchev–Trinajstić information content (AvgIpc) is 3.32. The minimum absolute atomic E-state index is 0.00375. The molecule has 2 fully saturated rings. The number of rotatable bonds is 4. The molecule has 5 rings (SSSR count). The van der Waals surface area contributed by atoms with Gasteiger partial charge in [0, 0.05) is 24.7 Å². The van der Waals surface area contributed by atoms with E-state index in [4.69, 9.17) is 4.74 Å². The van der Waals surface area contributed by atoms with Gasteiger partial charge in [-0.25, -0.2) is 4.90 Å². The summed E-state index contributed by atoms with van der Waals surface area (Å²) in [6, 6.07) is 12.3. The van der Waals surface area contributed by atoms with Gasteiger partial charge in [0.1, 0.15) is 5.75 Å². The smallest absolute Gasteiger partial charge is 0.316 e. The number of anilines is 2. The van der Waals surface area contributed by atoms with Crippen molar-refractivity contribution in [3.8, 4) is 5.75 Å². The van der Waals surface area contributed by atoms with Crippen LogP contribution in [-0.4, -0.2) is 30.2 Å². The lowest BCUT2D eigenvalue weighted by atomic mass is 9.78. The molecular weight excluding hydrogens is 444 g/mol. The topological polar surface area (TPSA) is 84.0 Å². The van der Waals surface area contributed by atoms with Gasteiger partial charge in [-0.2, -0.15) is 0 Å². The van der Waals surface area contributed by atoms with Crippen LogP contribution in [0.15, 0.2) is 54.6 Å². The number of amides is 3. The Bertz CT molecular complexity index is 1250. The van der Waals surface area contributed by atoms with Crippen molar-refractivity contribution in [2.24, 2.45) is 23.7 Å². The number of para-hydroxylation sites is 1. The zero-order chi connectivity index (χ0) is 24.9. The van der Waals surface area contributed by atoms with Gasteiger partial charge in [0.15, 0.2) is 0 Å². The fourth-order valence-corrected chi connectivity index (χ4v) is 5.60. The first kappa shape index (κ1) is 23.0. The highest BCUT2D eigenvalue weighted by Crippen LogP contribution is 2.41. The van der Waals surface area contributed by atoms with Gasteiger partial charge in [0.2, 0.25) is 17.7 Å². The van der Waals surface area contributed by atoms with E-state index in [2.05, 4.69) is 0 Å². The molecule has 35 heavy (non-hydrogen) atoms. The van der Waals surface area contributed by atoms with Gasteiger partial charge in [-0.05, 0) is 49.4 Å². The number of ether oxygens (including phenoxy) is 1. The van der Waals surface area contributed by atoms with Crippen molar-refractivity contribution in [3.63, 3.8) is 0 Å². The second-order valence-electron chi connectivity index (χ2n) is 9.73. The summed E-state index contributed by atoms with van der Waals surface area (Å²) in [6.07, 6.45) is 4.57. The number of carbonyl (C=O) groups excluding carboxylic acids is 4. The lowest BCUT2D eigenvalue weighted by Crippen LogP contribution is -2.31. The Morgan fingerprint density at radius 2 is 1.71 bits per heavy atom. The molecule has 0 saturated carbocycles. The number of nitrogens with zero attached hydrogens (tertiary/aromatic N) is 2. The number of esters is 1. The van der Waals surface area contributed by atoms with Crippen molar-refractivity contribution in [2.45, 2.75) is 33.6 Å². The fraction of sp³-hybridized carbons (Fsp3) is 0.357. The van der Waals surface area contributed by atoms with Crippen molar-refractivity contribution < 1.29 is 23.9 Å². The van der Waals surface area contributed by atoms with E-state index in [1.54, 1.807) is 29.2 Å². The third-order valence-corrected chi connectivity index (χ3v) is 7.33. The van der Waals surface area contributed by atoms with Crippen LogP contribution in [0.5, 0.6) is 5.75 Å². The first-order valence-electron chi connectivity index (χ1n) is 12.0. The van der Waals surface area contributed by atoms with Gasteiger partial charge in [-0.3, -0.25) is 19.2 Å². The molecule has 2 aromatic rings. The van der Waals surface area contributed by atoms with E-state index in [0.29, 0.717) is 12.1 Å². The molecule has 2 aromatic carbocycles. The minimum Gasteiger partial charge on any atom is -0.426 e. The lowest BCUT2D eigenvalue weighted by Gasteiger charge is -2.22. The van der Waals surface area contributed by atoms with Crippen molar-refractivity contribution in [1.29, 1.82) is 0 Å². The Morgan fingerprint density at radius 3 is 2.43 bits per heavy atom. The quantitative estimate of drug-likeness (QED) is 0.291. The summed E-state index contributed by atoms with van der Waals surface area (Å²) in [7, 11) is 0. The van der Waals surface area contributed by atoms with E-state index in [9.17, 15) is 19.2 Å². The largest absolute Gasteiger partial charge is 0.426 e. The molecule has 0 spiro atoms. The number of allylic oxidation sites excluding steroid dienone is 2. The second kappa shape index (κ2) is 8.80. The van der Waals surface area contributed by atoms with Crippen molar-refractivity contribution >= 4 is 35.1 Å². The number of fused-ring (bicyclic) bond motifs is 1. The number of aryl methyl sites for hydroxylation is 2. The third kappa shape index (κ3) is 3.95. The number of hydrogen-bond donors (Lipinski definition) is 0. The second-order valence-corrected chi connectivity index (χ2v) is 9.73. The van der Waals surface area contributed by atoms with Gasteiger partial charge < -0.3 is 9.64 Å². The molecule has 3 aliphatic rings. The highest BCUT2D eigenvalue weighted by atomic mass is 16.5. The third-order valence-electron chi connectivity index (χ3n) is 7.33. The number of imide groups is 1.